The fraction of sp³-hybridized carbons (Fsp3) is 0.269. The van der Waals surface area contributed by atoms with E-state index in [2.05, 4.69) is 4.98 Å². The summed E-state index contributed by atoms with van der Waals surface area (Å²) >= 11 is 1.21. The first-order valence-corrected chi connectivity index (χ1v) is 11.8. The molecule has 0 spiro atoms. The number of Topliss-reactive ketones (excluding diaryl/α,β-unsaturated/α-hetero) is 1. The molecule has 0 radical (unpaired) electrons. The zero-order chi connectivity index (χ0) is 24.4. The minimum absolute atomic E-state index is 0.0347. The molecule has 1 unspecified atom stereocenters. The van der Waals surface area contributed by atoms with Crippen LogP contribution in [0.15, 0.2) is 65.9 Å². The van der Waals surface area contributed by atoms with E-state index in [1.807, 2.05) is 44.2 Å². The van der Waals surface area contributed by atoms with Crippen molar-refractivity contribution in [1.29, 1.82) is 0 Å². The second kappa shape index (κ2) is 9.87. The number of amides is 1. The number of hydrogen-bond donors (Lipinski definition) is 1. The highest BCUT2D eigenvalue weighted by atomic mass is 32.1. The smallest absolute Gasteiger partial charge is 0.290 e. The number of nitrogens with zero attached hydrogens (tertiary/aromatic N) is 2. The van der Waals surface area contributed by atoms with Gasteiger partial charge in [-0.2, -0.15) is 0 Å². The zero-order valence-corrected chi connectivity index (χ0v) is 19.9. The number of hydrogen-bond acceptors (Lipinski definition) is 6. The fourth-order valence-electron chi connectivity index (χ4n) is 3.93. The first-order valence-electron chi connectivity index (χ1n) is 11.0. The van der Waals surface area contributed by atoms with Gasteiger partial charge in [-0.05, 0) is 38.5 Å². The van der Waals surface area contributed by atoms with Gasteiger partial charge in [-0.15, -0.1) is 11.3 Å². The van der Waals surface area contributed by atoms with Gasteiger partial charge in [0.05, 0.1) is 34.9 Å². The lowest BCUT2D eigenvalue weighted by molar-refractivity contribution is -0.130. The van der Waals surface area contributed by atoms with E-state index in [9.17, 15) is 19.1 Å². The van der Waals surface area contributed by atoms with Crippen molar-refractivity contribution < 1.29 is 23.8 Å². The van der Waals surface area contributed by atoms with E-state index in [0.29, 0.717) is 21.1 Å². The molecule has 2 heterocycles. The third-order valence-electron chi connectivity index (χ3n) is 5.54. The Balaban J connectivity index is 1.73. The predicted octanol–water partition coefficient (Wildman–Crippen LogP) is 5.26. The van der Waals surface area contributed by atoms with Gasteiger partial charge in [0.15, 0.2) is 5.76 Å². The molecule has 0 fully saturated rings. The summed E-state index contributed by atoms with van der Waals surface area (Å²) in [6.45, 7) is 5.88. The molecule has 34 heavy (non-hydrogen) atoms. The quantitative estimate of drug-likeness (QED) is 0.445. The lowest BCUT2D eigenvalue weighted by Crippen LogP contribution is -2.34. The van der Waals surface area contributed by atoms with Crippen LogP contribution in [0.25, 0.3) is 10.6 Å². The Hall–Kier alpha value is -3.36. The molecule has 2 aromatic carbocycles. The summed E-state index contributed by atoms with van der Waals surface area (Å²) in [5.74, 6) is -2.16. The Morgan fingerprint density at radius 3 is 2.50 bits per heavy atom. The molecule has 1 N–H and O–H groups in total. The van der Waals surface area contributed by atoms with E-state index in [-0.39, 0.29) is 24.8 Å². The average Bonchev–Trinajstić information content (AvgIpc) is 3.32. The molecular formula is C26H25FN2O4S. The summed E-state index contributed by atoms with van der Waals surface area (Å²) in [6.07, 6.45) is -0.0408. The molecule has 6 nitrogen and oxygen atoms in total. The SMILES string of the molecule is Cc1nc(-c2ccccc2)sc1C(=O)C1=C(O)C(=O)N(CCOC(C)C)C1c1ccc(F)cc1. The van der Waals surface area contributed by atoms with Crippen LogP contribution in [0.5, 0.6) is 0 Å². The molecule has 0 saturated carbocycles. The van der Waals surface area contributed by atoms with Crippen LogP contribution in [0.1, 0.15) is 40.8 Å². The van der Waals surface area contributed by atoms with Crippen LogP contribution < -0.4 is 0 Å². The van der Waals surface area contributed by atoms with Gasteiger partial charge in [-0.1, -0.05) is 42.5 Å². The van der Waals surface area contributed by atoms with Gasteiger partial charge in [0, 0.05) is 12.1 Å². The predicted molar refractivity (Wildman–Crippen MR) is 128 cm³/mol. The summed E-state index contributed by atoms with van der Waals surface area (Å²) < 4.78 is 19.2. The molecule has 4 rings (SSSR count). The molecule has 1 amide bonds. The Labute approximate surface area is 201 Å². The zero-order valence-electron chi connectivity index (χ0n) is 19.1. The minimum atomic E-state index is -0.863. The van der Waals surface area contributed by atoms with Gasteiger partial charge in [0.25, 0.3) is 5.91 Å². The number of aliphatic hydroxyl groups excluding tert-OH is 1. The third kappa shape index (κ3) is 4.64. The van der Waals surface area contributed by atoms with Crippen molar-refractivity contribution in [2.24, 2.45) is 0 Å². The number of halogens is 1. The molecule has 176 valence electrons. The number of aryl methyl sites for hydroxylation is 1. The molecule has 0 bridgehead atoms. The van der Waals surface area contributed by atoms with E-state index in [0.717, 1.165) is 5.56 Å². The number of ketones is 1. The van der Waals surface area contributed by atoms with E-state index >= 15 is 0 Å². The highest BCUT2D eigenvalue weighted by Crippen LogP contribution is 2.40. The fourth-order valence-corrected chi connectivity index (χ4v) is 4.95. The normalized spacial score (nSPS) is 16.1. The number of ether oxygens (including phenoxy) is 1. The summed E-state index contributed by atoms with van der Waals surface area (Å²) in [7, 11) is 0. The van der Waals surface area contributed by atoms with Crippen molar-refractivity contribution >= 4 is 23.0 Å². The van der Waals surface area contributed by atoms with Gasteiger partial charge >= 0.3 is 0 Å². The number of rotatable bonds is 8. The summed E-state index contributed by atoms with van der Waals surface area (Å²) in [6, 6.07) is 14.2. The number of carbonyl (C=O) groups excluding carboxylic acids is 2. The molecular weight excluding hydrogens is 455 g/mol. The maximum atomic E-state index is 13.7. The number of benzene rings is 2. The van der Waals surface area contributed by atoms with Crippen molar-refractivity contribution in [3.63, 3.8) is 0 Å². The van der Waals surface area contributed by atoms with Crippen LogP contribution in [0, 0.1) is 12.7 Å². The van der Waals surface area contributed by atoms with Crippen LogP contribution in [-0.2, 0) is 9.53 Å². The van der Waals surface area contributed by atoms with E-state index in [1.165, 1.54) is 40.5 Å². The lowest BCUT2D eigenvalue weighted by atomic mass is 9.95. The van der Waals surface area contributed by atoms with Gasteiger partial charge in [0.1, 0.15) is 10.8 Å². The maximum absolute atomic E-state index is 13.7. The van der Waals surface area contributed by atoms with Crippen LogP contribution >= 0.6 is 11.3 Å². The highest BCUT2D eigenvalue weighted by molar-refractivity contribution is 7.17. The first kappa shape index (κ1) is 23.8. The van der Waals surface area contributed by atoms with Gasteiger partial charge in [0.2, 0.25) is 5.78 Å². The molecule has 0 aliphatic carbocycles. The topological polar surface area (TPSA) is 79.7 Å². The minimum Gasteiger partial charge on any atom is -0.503 e. The monoisotopic (exact) mass is 480 g/mol. The summed E-state index contributed by atoms with van der Waals surface area (Å²) in [5, 5.41) is 11.5. The molecule has 8 heteroatoms. The maximum Gasteiger partial charge on any atom is 0.290 e. The van der Waals surface area contributed by atoms with Crippen molar-refractivity contribution in [3.05, 3.63) is 87.9 Å². The van der Waals surface area contributed by atoms with Gasteiger partial charge < -0.3 is 14.7 Å². The molecule has 0 saturated heterocycles. The summed E-state index contributed by atoms with van der Waals surface area (Å²) in [5.41, 5.74) is 1.88. The standard InChI is InChI=1S/C26H25FN2O4S/c1-15(2)33-14-13-29-21(17-9-11-19(27)12-10-17)20(23(31)26(29)32)22(30)24-16(3)28-25(34-24)18-7-5-4-6-8-18/h4-12,15,21,31H,13-14H2,1-3H3. The van der Waals surface area contributed by atoms with Crippen molar-refractivity contribution in [2.45, 2.75) is 32.9 Å². The van der Waals surface area contributed by atoms with Crippen LogP contribution in [0.4, 0.5) is 4.39 Å². The Bertz CT molecular complexity index is 1240. The van der Waals surface area contributed by atoms with Crippen molar-refractivity contribution in [3.8, 4) is 10.6 Å². The Kier molecular flexibility index (Phi) is 6.90. The Morgan fingerprint density at radius 2 is 1.85 bits per heavy atom. The van der Waals surface area contributed by atoms with Crippen LogP contribution in [-0.4, -0.2) is 45.9 Å². The van der Waals surface area contributed by atoms with Crippen molar-refractivity contribution in [2.75, 3.05) is 13.2 Å². The highest BCUT2D eigenvalue weighted by Gasteiger charge is 2.44. The lowest BCUT2D eigenvalue weighted by Gasteiger charge is -2.27. The average molecular weight is 481 g/mol. The molecule has 3 aromatic rings. The molecule has 1 aliphatic rings. The number of carbonyl (C=O) groups is 2. The third-order valence-corrected chi connectivity index (χ3v) is 6.75. The first-order chi connectivity index (χ1) is 16.3. The second-order valence-electron chi connectivity index (χ2n) is 8.26. The van der Waals surface area contributed by atoms with E-state index < -0.39 is 29.3 Å². The number of thiazole rings is 1. The van der Waals surface area contributed by atoms with Gasteiger partial charge in [-0.25, -0.2) is 9.37 Å². The largest absolute Gasteiger partial charge is 0.503 e. The molecule has 1 atom stereocenters. The Morgan fingerprint density at radius 1 is 1.18 bits per heavy atom. The summed E-state index contributed by atoms with van der Waals surface area (Å²) in [4.78, 5) is 33.0. The number of aromatic nitrogens is 1. The molecule has 1 aromatic heterocycles. The van der Waals surface area contributed by atoms with Crippen molar-refractivity contribution in [1.82, 2.24) is 9.88 Å². The van der Waals surface area contributed by atoms with Crippen LogP contribution in [0.3, 0.4) is 0 Å². The molecule has 1 aliphatic heterocycles. The van der Waals surface area contributed by atoms with E-state index in [1.54, 1.807) is 6.92 Å². The van der Waals surface area contributed by atoms with Crippen LogP contribution in [0.2, 0.25) is 0 Å². The van der Waals surface area contributed by atoms with E-state index in [4.69, 9.17) is 4.74 Å². The van der Waals surface area contributed by atoms with Gasteiger partial charge in [-0.3, -0.25) is 9.59 Å². The number of aliphatic hydroxyl groups is 1. The second-order valence-corrected chi connectivity index (χ2v) is 9.26.